The van der Waals surface area contributed by atoms with Crippen LogP contribution in [0.1, 0.15) is 33.1 Å². The topological polar surface area (TPSA) is 24.5 Å². The van der Waals surface area contributed by atoms with Gasteiger partial charge in [-0.1, -0.05) is 20.3 Å². The largest absolute Gasteiger partial charge is 0.411 e. The number of alkyl halides is 3. The molecular formula is C14H27F3N2O. The zero-order chi connectivity index (χ0) is 15.0. The lowest BCUT2D eigenvalue weighted by molar-refractivity contribution is -0.175. The van der Waals surface area contributed by atoms with Crippen LogP contribution in [0.4, 0.5) is 13.2 Å². The number of likely N-dealkylation sites (tertiary alicyclic amines) is 1. The fraction of sp³-hybridized carbons (Fsp3) is 1.00. The number of ether oxygens (including phenoxy) is 1. The van der Waals surface area contributed by atoms with Gasteiger partial charge in [0.15, 0.2) is 0 Å². The first-order valence-corrected chi connectivity index (χ1v) is 7.48. The van der Waals surface area contributed by atoms with Crippen LogP contribution in [0.25, 0.3) is 0 Å². The molecule has 3 nitrogen and oxygen atoms in total. The molecule has 1 N–H and O–H groups in total. The molecule has 0 bridgehead atoms. The highest BCUT2D eigenvalue weighted by atomic mass is 19.4. The van der Waals surface area contributed by atoms with Crippen molar-refractivity contribution in [1.29, 1.82) is 0 Å². The minimum Gasteiger partial charge on any atom is -0.371 e. The predicted octanol–water partition coefficient (Wildman–Crippen LogP) is 2.67. The van der Waals surface area contributed by atoms with E-state index in [1.54, 1.807) is 0 Å². The van der Waals surface area contributed by atoms with Crippen LogP contribution in [0.3, 0.4) is 0 Å². The third kappa shape index (κ3) is 8.07. The van der Waals surface area contributed by atoms with Crippen LogP contribution in [0.2, 0.25) is 0 Å². The number of nitrogens with zero attached hydrogens (tertiary/aromatic N) is 1. The number of hydrogen-bond donors (Lipinski definition) is 1. The zero-order valence-corrected chi connectivity index (χ0v) is 12.5. The Bertz CT molecular complexity index is 259. The SMILES string of the molecule is CC(C)CNCC1CCCCN1CCOCC(F)(F)F. The fourth-order valence-corrected chi connectivity index (χ4v) is 2.49. The quantitative estimate of drug-likeness (QED) is 0.697. The van der Waals surface area contributed by atoms with Gasteiger partial charge in [-0.15, -0.1) is 0 Å². The normalized spacial score (nSPS) is 21.6. The summed E-state index contributed by atoms with van der Waals surface area (Å²) in [7, 11) is 0. The summed E-state index contributed by atoms with van der Waals surface area (Å²) in [6, 6.07) is 0.428. The van der Waals surface area contributed by atoms with E-state index in [1.807, 2.05) is 0 Å². The van der Waals surface area contributed by atoms with E-state index in [-0.39, 0.29) is 6.61 Å². The predicted molar refractivity (Wildman–Crippen MR) is 73.8 cm³/mol. The van der Waals surface area contributed by atoms with Crippen LogP contribution in [0.15, 0.2) is 0 Å². The van der Waals surface area contributed by atoms with E-state index in [4.69, 9.17) is 4.74 Å². The highest BCUT2D eigenvalue weighted by molar-refractivity contribution is 4.78. The first-order chi connectivity index (χ1) is 9.38. The Kier molecular flexibility index (Phi) is 7.84. The summed E-state index contributed by atoms with van der Waals surface area (Å²) in [5, 5.41) is 3.44. The van der Waals surface area contributed by atoms with Gasteiger partial charge in [0.05, 0.1) is 6.61 Å². The van der Waals surface area contributed by atoms with E-state index in [0.717, 1.165) is 32.5 Å². The van der Waals surface area contributed by atoms with Crippen molar-refractivity contribution < 1.29 is 17.9 Å². The molecule has 1 unspecified atom stereocenters. The van der Waals surface area contributed by atoms with Gasteiger partial charge in [0.1, 0.15) is 6.61 Å². The van der Waals surface area contributed by atoms with Gasteiger partial charge in [0.2, 0.25) is 0 Å². The summed E-state index contributed by atoms with van der Waals surface area (Å²) in [6.07, 6.45) is -0.779. The molecule has 0 aromatic heterocycles. The number of rotatable bonds is 8. The molecule has 120 valence electrons. The molecule has 0 aliphatic carbocycles. The molecule has 1 atom stereocenters. The molecule has 0 saturated carbocycles. The minimum absolute atomic E-state index is 0.153. The lowest BCUT2D eigenvalue weighted by Gasteiger charge is -2.36. The monoisotopic (exact) mass is 296 g/mol. The molecule has 1 rings (SSSR count). The molecule has 6 heteroatoms. The molecule has 1 heterocycles. The minimum atomic E-state index is -4.22. The summed E-state index contributed by atoms with van der Waals surface area (Å²) in [4.78, 5) is 2.26. The smallest absolute Gasteiger partial charge is 0.371 e. The summed E-state index contributed by atoms with van der Waals surface area (Å²) in [5.74, 6) is 0.613. The van der Waals surface area contributed by atoms with Gasteiger partial charge in [-0.2, -0.15) is 13.2 Å². The first kappa shape index (κ1) is 17.7. The van der Waals surface area contributed by atoms with Crippen LogP contribution >= 0.6 is 0 Å². The fourth-order valence-electron chi connectivity index (χ4n) is 2.49. The summed E-state index contributed by atoms with van der Waals surface area (Å²) in [5.41, 5.74) is 0. The summed E-state index contributed by atoms with van der Waals surface area (Å²) < 4.78 is 40.7. The van der Waals surface area contributed by atoms with Crippen LogP contribution in [0.5, 0.6) is 0 Å². The lowest BCUT2D eigenvalue weighted by atomic mass is 10.0. The van der Waals surface area contributed by atoms with Crippen molar-refractivity contribution in [3.05, 3.63) is 0 Å². The molecule has 0 aromatic carbocycles. The van der Waals surface area contributed by atoms with Crippen LogP contribution in [-0.4, -0.2) is 56.5 Å². The molecule has 0 aromatic rings. The van der Waals surface area contributed by atoms with E-state index in [9.17, 15) is 13.2 Å². The van der Waals surface area contributed by atoms with Gasteiger partial charge >= 0.3 is 6.18 Å². The molecule has 1 aliphatic heterocycles. The molecule has 1 saturated heterocycles. The van der Waals surface area contributed by atoms with Gasteiger partial charge in [-0.25, -0.2) is 0 Å². The zero-order valence-electron chi connectivity index (χ0n) is 12.5. The Labute approximate surface area is 119 Å². The van der Waals surface area contributed by atoms with Gasteiger partial charge in [0.25, 0.3) is 0 Å². The number of halogens is 3. The van der Waals surface area contributed by atoms with E-state index < -0.39 is 12.8 Å². The average Bonchev–Trinajstić information content (AvgIpc) is 2.34. The van der Waals surface area contributed by atoms with Gasteiger partial charge in [0, 0.05) is 19.1 Å². The van der Waals surface area contributed by atoms with Crippen molar-refractivity contribution in [2.24, 2.45) is 5.92 Å². The summed E-state index contributed by atoms with van der Waals surface area (Å²) in [6.45, 7) is 6.78. The second-order valence-electron chi connectivity index (χ2n) is 5.91. The molecule has 0 amide bonds. The van der Waals surface area contributed by atoms with Gasteiger partial charge < -0.3 is 10.1 Å². The van der Waals surface area contributed by atoms with E-state index in [0.29, 0.717) is 18.5 Å². The highest BCUT2D eigenvalue weighted by Crippen LogP contribution is 2.17. The third-order valence-corrected chi connectivity index (χ3v) is 3.47. The van der Waals surface area contributed by atoms with Crippen molar-refractivity contribution in [3.8, 4) is 0 Å². The lowest BCUT2D eigenvalue weighted by Crippen LogP contribution is -2.47. The van der Waals surface area contributed by atoms with Crippen LogP contribution in [-0.2, 0) is 4.74 Å². The maximum absolute atomic E-state index is 12.0. The number of piperidine rings is 1. The van der Waals surface area contributed by atoms with Crippen molar-refractivity contribution in [2.45, 2.75) is 45.3 Å². The summed E-state index contributed by atoms with van der Waals surface area (Å²) >= 11 is 0. The highest BCUT2D eigenvalue weighted by Gasteiger charge is 2.28. The van der Waals surface area contributed by atoms with Crippen LogP contribution in [0, 0.1) is 5.92 Å². The van der Waals surface area contributed by atoms with Crippen molar-refractivity contribution in [2.75, 3.05) is 39.4 Å². The van der Waals surface area contributed by atoms with Crippen molar-refractivity contribution in [1.82, 2.24) is 10.2 Å². The maximum Gasteiger partial charge on any atom is 0.411 e. The standard InChI is InChI=1S/C14H27F3N2O/c1-12(2)9-18-10-13-5-3-4-6-19(13)7-8-20-11-14(15,16)17/h12-13,18H,3-11H2,1-2H3. The van der Waals surface area contributed by atoms with Crippen molar-refractivity contribution in [3.63, 3.8) is 0 Å². The second-order valence-corrected chi connectivity index (χ2v) is 5.91. The maximum atomic E-state index is 12.0. The Morgan fingerprint density at radius 1 is 1.30 bits per heavy atom. The van der Waals surface area contributed by atoms with Crippen molar-refractivity contribution >= 4 is 0 Å². The number of hydrogen-bond acceptors (Lipinski definition) is 3. The second kappa shape index (κ2) is 8.85. The Morgan fingerprint density at radius 2 is 2.05 bits per heavy atom. The van der Waals surface area contributed by atoms with Gasteiger partial charge in [-0.3, -0.25) is 4.90 Å². The van der Waals surface area contributed by atoms with Crippen LogP contribution < -0.4 is 5.32 Å². The molecule has 1 aliphatic rings. The Balaban J connectivity index is 2.22. The molecule has 1 fully saturated rings. The molecule has 20 heavy (non-hydrogen) atoms. The molecule has 0 radical (unpaired) electrons. The average molecular weight is 296 g/mol. The first-order valence-electron chi connectivity index (χ1n) is 7.48. The van der Waals surface area contributed by atoms with E-state index >= 15 is 0 Å². The van der Waals surface area contributed by atoms with E-state index in [2.05, 4.69) is 24.1 Å². The van der Waals surface area contributed by atoms with E-state index in [1.165, 1.54) is 6.42 Å². The van der Waals surface area contributed by atoms with Gasteiger partial charge in [-0.05, 0) is 31.8 Å². The Morgan fingerprint density at radius 3 is 2.70 bits per heavy atom. The molecule has 0 spiro atoms. The third-order valence-electron chi connectivity index (χ3n) is 3.47. The molecular weight excluding hydrogens is 269 g/mol. The Hall–Kier alpha value is -0.330. The number of nitrogens with one attached hydrogen (secondary N) is 1.